The van der Waals surface area contributed by atoms with Crippen LogP contribution in [0.2, 0.25) is 5.02 Å². The average Bonchev–Trinajstić information content (AvgIpc) is 3.22. The maximum Gasteiger partial charge on any atom is 0.226 e. The summed E-state index contributed by atoms with van der Waals surface area (Å²) in [4.78, 5) is 17.4. The maximum absolute atomic E-state index is 12.0. The molecule has 1 unspecified atom stereocenters. The van der Waals surface area contributed by atoms with Gasteiger partial charge in [0.05, 0.1) is 6.10 Å². The Morgan fingerprint density at radius 2 is 2.38 bits per heavy atom. The van der Waals surface area contributed by atoms with Gasteiger partial charge in [-0.3, -0.25) is 4.79 Å². The van der Waals surface area contributed by atoms with E-state index >= 15 is 0 Å². The number of nitrogens with one attached hydrogen (secondary N) is 1. The highest BCUT2D eigenvalue weighted by Gasteiger charge is 2.17. The van der Waals surface area contributed by atoms with E-state index in [2.05, 4.69) is 10.3 Å². The number of hydrogen-bond acceptors (Lipinski definition) is 4. The van der Waals surface area contributed by atoms with Crippen molar-refractivity contribution in [2.24, 2.45) is 0 Å². The van der Waals surface area contributed by atoms with Crippen molar-refractivity contribution in [3.63, 3.8) is 0 Å². The van der Waals surface area contributed by atoms with Crippen LogP contribution in [0.4, 0.5) is 5.13 Å². The van der Waals surface area contributed by atoms with Gasteiger partial charge in [-0.05, 0) is 37.3 Å². The minimum Gasteiger partial charge on any atom is -0.378 e. The molecule has 0 saturated carbocycles. The van der Waals surface area contributed by atoms with E-state index in [1.165, 1.54) is 11.3 Å². The van der Waals surface area contributed by atoms with Crippen LogP contribution in [0.25, 0.3) is 0 Å². The molecule has 0 bridgehead atoms. The molecule has 0 spiro atoms. The summed E-state index contributed by atoms with van der Waals surface area (Å²) in [7, 11) is 0. The predicted octanol–water partition coefficient (Wildman–Crippen LogP) is 4.59. The molecule has 1 aliphatic heterocycles. The van der Waals surface area contributed by atoms with Crippen molar-refractivity contribution in [2.45, 2.75) is 45.1 Å². The molecule has 4 nitrogen and oxygen atoms in total. The van der Waals surface area contributed by atoms with Gasteiger partial charge < -0.3 is 10.1 Å². The lowest BCUT2D eigenvalue weighted by Crippen LogP contribution is -2.15. The molecule has 3 rings (SSSR count). The first-order valence-electron chi connectivity index (χ1n) is 8.22. The number of halogens is 1. The predicted molar refractivity (Wildman–Crippen MR) is 97.9 cm³/mol. The Morgan fingerprint density at radius 3 is 3.17 bits per heavy atom. The number of aromatic nitrogens is 1. The zero-order chi connectivity index (χ0) is 16.9. The van der Waals surface area contributed by atoms with E-state index in [-0.39, 0.29) is 12.0 Å². The van der Waals surface area contributed by atoms with Gasteiger partial charge in [0.1, 0.15) is 0 Å². The van der Waals surface area contributed by atoms with Gasteiger partial charge in [-0.15, -0.1) is 11.3 Å². The number of anilines is 1. The number of hydrogen-bond donors (Lipinski definition) is 1. The lowest BCUT2D eigenvalue weighted by Gasteiger charge is -2.08. The van der Waals surface area contributed by atoms with Crippen molar-refractivity contribution >= 4 is 34.0 Å². The molecule has 1 amide bonds. The second-order valence-electron chi connectivity index (χ2n) is 6.08. The van der Waals surface area contributed by atoms with Crippen molar-refractivity contribution in [2.75, 3.05) is 11.9 Å². The first kappa shape index (κ1) is 17.4. The zero-order valence-corrected chi connectivity index (χ0v) is 15.3. The quantitative estimate of drug-likeness (QED) is 0.815. The van der Waals surface area contributed by atoms with Crippen LogP contribution in [0.1, 0.15) is 41.7 Å². The molecule has 128 valence electrons. The topological polar surface area (TPSA) is 51.2 Å². The van der Waals surface area contributed by atoms with Crippen LogP contribution in [0.3, 0.4) is 0 Å². The number of amides is 1. The number of ether oxygens (including phenoxy) is 1. The van der Waals surface area contributed by atoms with Gasteiger partial charge in [0.2, 0.25) is 5.91 Å². The molecule has 1 aromatic carbocycles. The fraction of sp³-hybridized carbons (Fsp3) is 0.444. The van der Waals surface area contributed by atoms with E-state index < -0.39 is 0 Å². The number of benzene rings is 1. The molecular weight excluding hydrogens is 344 g/mol. The molecule has 0 radical (unpaired) electrons. The van der Waals surface area contributed by atoms with Crippen LogP contribution >= 0.6 is 22.9 Å². The number of rotatable bonds is 6. The number of carbonyl (C=O) groups excluding carboxylic acids is 1. The van der Waals surface area contributed by atoms with E-state index in [0.717, 1.165) is 53.3 Å². The standard InChI is InChI=1S/C18H21ClN2O2S/c1-12-4-2-5-13(17(12)19)10-15-11-20-18(24-15)21-16(22)8-7-14-6-3-9-23-14/h2,4-5,11,14H,3,6-10H2,1H3,(H,20,21,22). The summed E-state index contributed by atoms with van der Waals surface area (Å²) in [6.07, 6.45) is 6.19. The fourth-order valence-corrected chi connectivity index (χ4v) is 3.87. The minimum absolute atomic E-state index is 0.0000111. The van der Waals surface area contributed by atoms with E-state index in [0.29, 0.717) is 11.6 Å². The lowest BCUT2D eigenvalue weighted by atomic mass is 10.1. The zero-order valence-electron chi connectivity index (χ0n) is 13.7. The van der Waals surface area contributed by atoms with E-state index in [1.54, 1.807) is 6.20 Å². The third kappa shape index (κ3) is 4.56. The first-order valence-corrected chi connectivity index (χ1v) is 9.41. The highest BCUT2D eigenvalue weighted by Crippen LogP contribution is 2.27. The molecule has 1 aliphatic rings. The van der Waals surface area contributed by atoms with Gasteiger partial charge in [-0.2, -0.15) is 0 Å². The van der Waals surface area contributed by atoms with Gasteiger partial charge in [0.15, 0.2) is 5.13 Å². The van der Waals surface area contributed by atoms with Crippen LogP contribution in [-0.2, 0) is 16.0 Å². The molecule has 2 heterocycles. The third-order valence-corrected chi connectivity index (χ3v) is 5.61. The summed E-state index contributed by atoms with van der Waals surface area (Å²) in [6.45, 7) is 2.82. The molecule has 0 aliphatic carbocycles. The number of aryl methyl sites for hydroxylation is 1. The Bertz CT molecular complexity index is 711. The highest BCUT2D eigenvalue weighted by atomic mass is 35.5. The smallest absolute Gasteiger partial charge is 0.226 e. The lowest BCUT2D eigenvalue weighted by molar-refractivity contribution is -0.116. The average molecular weight is 365 g/mol. The first-order chi connectivity index (χ1) is 11.6. The van der Waals surface area contributed by atoms with Gasteiger partial charge in [-0.25, -0.2) is 4.98 Å². The molecule has 1 atom stereocenters. The molecule has 6 heteroatoms. The van der Waals surface area contributed by atoms with Gasteiger partial charge in [0, 0.05) is 35.5 Å². The Labute approximate surface area is 151 Å². The molecular formula is C18H21ClN2O2S. The fourth-order valence-electron chi connectivity index (χ4n) is 2.83. The van der Waals surface area contributed by atoms with Crippen molar-refractivity contribution < 1.29 is 9.53 Å². The van der Waals surface area contributed by atoms with E-state index in [9.17, 15) is 4.79 Å². The molecule has 24 heavy (non-hydrogen) atoms. The summed E-state index contributed by atoms with van der Waals surface area (Å²) in [5.41, 5.74) is 2.15. The van der Waals surface area contributed by atoms with Crippen LogP contribution in [-0.4, -0.2) is 23.6 Å². The Morgan fingerprint density at radius 1 is 1.50 bits per heavy atom. The minimum atomic E-state index is -0.0000111. The normalized spacial score (nSPS) is 17.2. The molecule has 1 aromatic heterocycles. The summed E-state index contributed by atoms with van der Waals surface area (Å²) < 4.78 is 5.54. The highest BCUT2D eigenvalue weighted by molar-refractivity contribution is 7.15. The van der Waals surface area contributed by atoms with Crippen molar-refractivity contribution in [3.05, 3.63) is 45.4 Å². The van der Waals surface area contributed by atoms with Gasteiger partial charge in [0.25, 0.3) is 0 Å². The van der Waals surface area contributed by atoms with Crippen molar-refractivity contribution in [3.8, 4) is 0 Å². The second-order valence-corrected chi connectivity index (χ2v) is 7.57. The number of carbonyl (C=O) groups is 1. The molecule has 1 N–H and O–H groups in total. The summed E-state index contributed by atoms with van der Waals surface area (Å²) in [6, 6.07) is 6.03. The van der Waals surface area contributed by atoms with Crippen LogP contribution in [0, 0.1) is 6.92 Å². The number of thiazole rings is 1. The monoisotopic (exact) mass is 364 g/mol. The Hall–Kier alpha value is -1.43. The largest absolute Gasteiger partial charge is 0.378 e. The summed E-state index contributed by atoms with van der Waals surface area (Å²) in [5.74, 6) is -0.0000111. The van der Waals surface area contributed by atoms with Gasteiger partial charge >= 0.3 is 0 Å². The Kier molecular flexibility index (Phi) is 5.87. The second kappa shape index (κ2) is 8.10. The van der Waals surface area contributed by atoms with Crippen molar-refractivity contribution in [1.82, 2.24) is 4.98 Å². The molecule has 1 saturated heterocycles. The van der Waals surface area contributed by atoms with E-state index in [4.69, 9.17) is 16.3 Å². The molecule has 1 fully saturated rings. The van der Waals surface area contributed by atoms with Crippen LogP contribution < -0.4 is 5.32 Å². The number of nitrogens with zero attached hydrogens (tertiary/aromatic N) is 1. The summed E-state index contributed by atoms with van der Waals surface area (Å²) in [5, 5.41) is 4.32. The van der Waals surface area contributed by atoms with E-state index in [1.807, 2.05) is 25.1 Å². The van der Waals surface area contributed by atoms with Crippen LogP contribution in [0.5, 0.6) is 0 Å². The van der Waals surface area contributed by atoms with Gasteiger partial charge in [-0.1, -0.05) is 29.8 Å². The van der Waals surface area contributed by atoms with Crippen LogP contribution in [0.15, 0.2) is 24.4 Å². The van der Waals surface area contributed by atoms with Crippen molar-refractivity contribution in [1.29, 1.82) is 0 Å². The molecule has 2 aromatic rings. The summed E-state index contributed by atoms with van der Waals surface area (Å²) >= 11 is 7.84. The SMILES string of the molecule is Cc1cccc(Cc2cnc(NC(=O)CCC3CCCO3)s2)c1Cl. The maximum atomic E-state index is 12.0. The Balaban J connectivity index is 1.53. The third-order valence-electron chi connectivity index (χ3n) is 4.15.